The van der Waals surface area contributed by atoms with Crippen molar-refractivity contribution >= 4 is 5.97 Å². The van der Waals surface area contributed by atoms with Crippen LogP contribution in [0, 0.1) is 12.8 Å². The fourth-order valence-corrected chi connectivity index (χ4v) is 2.90. The van der Waals surface area contributed by atoms with Crippen molar-refractivity contribution in [3.8, 4) is 0 Å². The van der Waals surface area contributed by atoms with Crippen molar-refractivity contribution in [3.63, 3.8) is 0 Å². The quantitative estimate of drug-likeness (QED) is 0.844. The fourth-order valence-electron chi connectivity index (χ4n) is 2.90. The summed E-state index contributed by atoms with van der Waals surface area (Å²) in [5.41, 5.74) is 3.83. The zero-order chi connectivity index (χ0) is 12.6. The lowest BCUT2D eigenvalue weighted by atomic mass is 9.72. The summed E-state index contributed by atoms with van der Waals surface area (Å²) in [7, 11) is 0. The lowest BCUT2D eigenvalue weighted by molar-refractivity contribution is -0.142. The van der Waals surface area contributed by atoms with Crippen molar-refractivity contribution < 1.29 is 9.90 Å². The largest absolute Gasteiger partial charge is 0.481 e. The summed E-state index contributed by atoms with van der Waals surface area (Å²) in [5.74, 6) is -0.235. The molecule has 0 aromatic heterocycles. The zero-order valence-corrected chi connectivity index (χ0v) is 10.7. The van der Waals surface area contributed by atoms with Crippen molar-refractivity contribution in [3.05, 3.63) is 34.9 Å². The minimum atomic E-state index is -0.683. The second kappa shape index (κ2) is 4.52. The molecule has 0 fully saturated rings. The average Bonchev–Trinajstić information content (AvgIpc) is 2.28. The second-order valence-corrected chi connectivity index (χ2v) is 5.34. The number of rotatable bonds is 2. The van der Waals surface area contributed by atoms with Gasteiger partial charge in [-0.15, -0.1) is 0 Å². The van der Waals surface area contributed by atoms with Crippen LogP contribution < -0.4 is 0 Å². The molecular formula is C15H20O2. The van der Waals surface area contributed by atoms with Crippen molar-refractivity contribution in [1.82, 2.24) is 0 Å². The van der Waals surface area contributed by atoms with Crippen LogP contribution in [0.3, 0.4) is 0 Å². The summed E-state index contributed by atoms with van der Waals surface area (Å²) >= 11 is 0. The fraction of sp³-hybridized carbons (Fsp3) is 0.533. The molecule has 92 valence electrons. The number of carboxylic acid groups (broad SMARTS) is 1. The number of hydrogen-bond donors (Lipinski definition) is 1. The third-order valence-corrected chi connectivity index (χ3v) is 4.08. The van der Waals surface area contributed by atoms with Gasteiger partial charge in [0.05, 0.1) is 5.92 Å². The van der Waals surface area contributed by atoms with E-state index in [9.17, 15) is 9.90 Å². The number of aryl methyl sites for hydroxylation is 1. The van der Waals surface area contributed by atoms with E-state index in [0.717, 1.165) is 12.8 Å². The summed E-state index contributed by atoms with van der Waals surface area (Å²) in [4.78, 5) is 11.2. The van der Waals surface area contributed by atoms with Crippen LogP contribution in [0.25, 0.3) is 0 Å². The van der Waals surface area contributed by atoms with Crippen molar-refractivity contribution in [2.75, 3.05) is 0 Å². The van der Waals surface area contributed by atoms with Gasteiger partial charge in [-0.05, 0) is 42.7 Å². The summed E-state index contributed by atoms with van der Waals surface area (Å²) in [6.45, 7) is 6.13. The van der Waals surface area contributed by atoms with Gasteiger partial charge >= 0.3 is 5.97 Å². The Kier molecular flexibility index (Phi) is 3.23. The highest BCUT2D eigenvalue weighted by Crippen LogP contribution is 2.42. The topological polar surface area (TPSA) is 37.3 Å². The summed E-state index contributed by atoms with van der Waals surface area (Å²) in [5, 5.41) is 9.20. The van der Waals surface area contributed by atoms with Gasteiger partial charge in [0.1, 0.15) is 0 Å². The lowest BCUT2D eigenvalue weighted by Gasteiger charge is -2.32. The smallest absolute Gasteiger partial charge is 0.306 e. The molecular weight excluding hydrogens is 212 g/mol. The molecule has 0 heterocycles. The van der Waals surface area contributed by atoms with Crippen molar-refractivity contribution in [2.45, 2.75) is 45.4 Å². The van der Waals surface area contributed by atoms with Gasteiger partial charge in [-0.25, -0.2) is 0 Å². The highest BCUT2D eigenvalue weighted by atomic mass is 16.4. The first kappa shape index (κ1) is 12.2. The number of hydrogen-bond acceptors (Lipinski definition) is 1. The molecule has 2 nitrogen and oxygen atoms in total. The third-order valence-electron chi connectivity index (χ3n) is 4.08. The molecule has 2 rings (SSSR count). The molecule has 0 spiro atoms. The van der Waals surface area contributed by atoms with E-state index < -0.39 is 5.97 Å². The Bertz CT molecular complexity index is 437. The first-order valence-electron chi connectivity index (χ1n) is 6.34. The Morgan fingerprint density at radius 1 is 1.35 bits per heavy atom. The van der Waals surface area contributed by atoms with Crippen LogP contribution in [0.15, 0.2) is 18.2 Å². The highest BCUT2D eigenvalue weighted by molar-refractivity contribution is 5.71. The van der Waals surface area contributed by atoms with E-state index in [4.69, 9.17) is 0 Å². The van der Waals surface area contributed by atoms with E-state index in [1.165, 1.54) is 16.7 Å². The standard InChI is InChI=1S/C15H20O2/c1-9-4-6-12-10(2)5-7-13(14(12)8-9)11(3)15(16)17/h4,6,8,10-11,13H,5,7H2,1-3H3,(H,16,17)/t10-,11-,13+/m1/s1. The number of aliphatic carboxylic acids is 1. The van der Waals surface area contributed by atoms with Gasteiger partial charge in [0, 0.05) is 0 Å². The molecule has 0 radical (unpaired) electrons. The highest BCUT2D eigenvalue weighted by Gasteiger charge is 2.31. The van der Waals surface area contributed by atoms with Gasteiger partial charge in [-0.3, -0.25) is 4.79 Å². The maximum atomic E-state index is 11.2. The first-order chi connectivity index (χ1) is 8.00. The Balaban J connectivity index is 2.44. The molecule has 2 heteroatoms. The van der Waals surface area contributed by atoms with Crippen LogP contribution in [-0.2, 0) is 4.79 Å². The molecule has 1 aliphatic rings. The van der Waals surface area contributed by atoms with E-state index in [1.54, 1.807) is 0 Å². The minimum Gasteiger partial charge on any atom is -0.481 e. The molecule has 0 saturated carbocycles. The second-order valence-electron chi connectivity index (χ2n) is 5.34. The predicted molar refractivity (Wildman–Crippen MR) is 68.4 cm³/mol. The maximum absolute atomic E-state index is 11.2. The van der Waals surface area contributed by atoms with Gasteiger partial charge in [-0.1, -0.05) is 37.6 Å². The van der Waals surface area contributed by atoms with E-state index in [1.807, 2.05) is 6.92 Å². The van der Waals surface area contributed by atoms with Crippen LogP contribution in [0.1, 0.15) is 55.2 Å². The Labute approximate surface area is 103 Å². The van der Waals surface area contributed by atoms with Gasteiger partial charge in [0.15, 0.2) is 0 Å². The Morgan fingerprint density at radius 3 is 2.71 bits per heavy atom. The van der Waals surface area contributed by atoms with Gasteiger partial charge in [-0.2, -0.15) is 0 Å². The predicted octanol–water partition coefficient (Wildman–Crippen LogP) is 3.70. The minimum absolute atomic E-state index is 0.179. The normalized spacial score (nSPS) is 25.1. The number of benzene rings is 1. The molecule has 3 atom stereocenters. The van der Waals surface area contributed by atoms with Crippen LogP contribution in [0.4, 0.5) is 0 Å². The third kappa shape index (κ3) is 2.21. The summed E-state index contributed by atoms with van der Waals surface area (Å²) < 4.78 is 0. The molecule has 0 amide bonds. The molecule has 0 unspecified atom stereocenters. The molecule has 1 aromatic rings. The number of carbonyl (C=O) groups is 1. The average molecular weight is 232 g/mol. The van der Waals surface area contributed by atoms with E-state index in [2.05, 4.69) is 32.0 Å². The zero-order valence-electron chi connectivity index (χ0n) is 10.7. The molecule has 1 aromatic carbocycles. The van der Waals surface area contributed by atoms with Crippen LogP contribution in [0.2, 0.25) is 0 Å². The molecule has 0 aliphatic heterocycles. The SMILES string of the molecule is Cc1ccc2c(c1)[C@H]([C@@H](C)C(=O)O)CC[C@H]2C. The van der Waals surface area contributed by atoms with Crippen LogP contribution in [0.5, 0.6) is 0 Å². The van der Waals surface area contributed by atoms with E-state index >= 15 is 0 Å². The lowest BCUT2D eigenvalue weighted by Crippen LogP contribution is -2.24. The van der Waals surface area contributed by atoms with E-state index in [-0.39, 0.29) is 11.8 Å². The molecule has 0 saturated heterocycles. The van der Waals surface area contributed by atoms with Crippen LogP contribution >= 0.6 is 0 Å². The van der Waals surface area contributed by atoms with Crippen molar-refractivity contribution in [2.24, 2.45) is 5.92 Å². The van der Waals surface area contributed by atoms with Gasteiger partial charge in [0.2, 0.25) is 0 Å². The number of fused-ring (bicyclic) bond motifs is 1. The molecule has 1 aliphatic carbocycles. The summed E-state index contributed by atoms with van der Waals surface area (Å²) in [6.07, 6.45) is 2.09. The summed E-state index contributed by atoms with van der Waals surface area (Å²) in [6, 6.07) is 6.48. The Morgan fingerprint density at radius 2 is 2.06 bits per heavy atom. The van der Waals surface area contributed by atoms with Crippen LogP contribution in [-0.4, -0.2) is 11.1 Å². The number of carboxylic acids is 1. The Hall–Kier alpha value is -1.31. The monoisotopic (exact) mass is 232 g/mol. The van der Waals surface area contributed by atoms with Gasteiger partial charge in [0.25, 0.3) is 0 Å². The molecule has 17 heavy (non-hydrogen) atoms. The van der Waals surface area contributed by atoms with E-state index in [0.29, 0.717) is 5.92 Å². The first-order valence-corrected chi connectivity index (χ1v) is 6.34. The maximum Gasteiger partial charge on any atom is 0.306 e. The molecule has 1 N–H and O–H groups in total. The van der Waals surface area contributed by atoms with Crippen molar-refractivity contribution in [1.29, 1.82) is 0 Å². The van der Waals surface area contributed by atoms with Gasteiger partial charge < -0.3 is 5.11 Å². The molecule has 0 bridgehead atoms.